The Kier molecular flexibility index (Phi) is 6.62. The molecule has 3 nitrogen and oxygen atoms in total. The number of anilines is 1. The van der Waals surface area contributed by atoms with Crippen LogP contribution in [0.15, 0.2) is 30.3 Å². The van der Waals surface area contributed by atoms with E-state index in [-0.39, 0.29) is 11.4 Å². The van der Waals surface area contributed by atoms with E-state index >= 15 is 0 Å². The van der Waals surface area contributed by atoms with Crippen LogP contribution in [0.4, 0.5) is 10.5 Å². The monoisotopic (exact) mass is 402 g/mol. The van der Waals surface area contributed by atoms with Crippen molar-refractivity contribution in [1.29, 1.82) is 0 Å². The van der Waals surface area contributed by atoms with Crippen molar-refractivity contribution >= 4 is 22.7 Å². The number of rotatable bonds is 5. The van der Waals surface area contributed by atoms with Crippen LogP contribution in [0, 0.1) is 11.8 Å². The highest BCUT2D eigenvalue weighted by molar-refractivity contribution is 6.66. The summed E-state index contributed by atoms with van der Waals surface area (Å²) in [7, 11) is 0. The number of fused-ring (bicyclic) bond motifs is 2. The lowest BCUT2D eigenvalue weighted by Gasteiger charge is -2.50. The Balaban J connectivity index is 1.49. The van der Waals surface area contributed by atoms with E-state index in [1.54, 1.807) is 0 Å². The molecule has 1 aliphatic heterocycles. The standard InChI is InChI=1S/C24H35ClN2O/c1-2-7-21-17-22(27(24(25)28)20-10-4-3-5-11-20)12-13-26(21)23-15-18-8-6-9-19(14-18)16-23/h3-5,10-11,18-19,21-23H,2,6-9,12-17H2,1H3/t18-,19+,21-,22-,23?/m0/s1. The zero-order chi connectivity index (χ0) is 19.5. The molecule has 3 aliphatic rings. The van der Waals surface area contributed by atoms with Crippen LogP contribution in [0.25, 0.3) is 0 Å². The van der Waals surface area contributed by atoms with E-state index in [0.717, 1.165) is 43.0 Å². The zero-order valence-corrected chi connectivity index (χ0v) is 18.0. The molecule has 3 fully saturated rings. The van der Waals surface area contributed by atoms with Gasteiger partial charge in [-0.05, 0) is 74.1 Å². The largest absolute Gasteiger partial charge is 0.321 e. The normalized spacial score (nSPS) is 33.4. The summed E-state index contributed by atoms with van der Waals surface area (Å²) in [5, 5.41) is -0.341. The van der Waals surface area contributed by atoms with Gasteiger partial charge in [0.25, 0.3) is 0 Å². The number of carbonyl (C=O) groups excluding carboxylic acids is 1. The molecule has 5 atom stereocenters. The highest BCUT2D eigenvalue weighted by atomic mass is 35.5. The first-order valence-electron chi connectivity index (χ1n) is 11.4. The minimum Gasteiger partial charge on any atom is -0.297 e. The van der Waals surface area contributed by atoms with Crippen LogP contribution in [-0.4, -0.2) is 34.9 Å². The Hall–Kier alpha value is -1.06. The third-order valence-corrected chi connectivity index (χ3v) is 7.70. The molecule has 154 valence electrons. The Morgan fingerprint density at radius 3 is 2.43 bits per heavy atom. The van der Waals surface area contributed by atoms with Gasteiger partial charge in [-0.2, -0.15) is 0 Å². The number of amides is 1. The van der Waals surface area contributed by atoms with E-state index < -0.39 is 0 Å². The van der Waals surface area contributed by atoms with Crippen molar-refractivity contribution in [2.75, 3.05) is 11.4 Å². The van der Waals surface area contributed by atoms with Gasteiger partial charge < -0.3 is 0 Å². The van der Waals surface area contributed by atoms with Crippen LogP contribution in [0.1, 0.15) is 71.1 Å². The summed E-state index contributed by atoms with van der Waals surface area (Å²) in [5.74, 6) is 1.92. The maximum atomic E-state index is 12.3. The molecule has 1 unspecified atom stereocenters. The molecule has 4 heteroatoms. The summed E-state index contributed by atoms with van der Waals surface area (Å²) >= 11 is 6.06. The summed E-state index contributed by atoms with van der Waals surface area (Å²) in [6, 6.07) is 11.5. The van der Waals surface area contributed by atoms with Gasteiger partial charge in [-0.3, -0.25) is 14.6 Å². The Morgan fingerprint density at radius 2 is 1.79 bits per heavy atom. The molecule has 2 aliphatic carbocycles. The van der Waals surface area contributed by atoms with Crippen molar-refractivity contribution in [3.63, 3.8) is 0 Å². The molecule has 0 aromatic heterocycles. The third-order valence-electron chi connectivity index (χ3n) is 7.52. The highest BCUT2D eigenvalue weighted by Crippen LogP contribution is 2.43. The summed E-state index contributed by atoms with van der Waals surface area (Å²) in [4.78, 5) is 17.0. The van der Waals surface area contributed by atoms with Gasteiger partial charge in [-0.25, -0.2) is 0 Å². The Morgan fingerprint density at radius 1 is 1.07 bits per heavy atom. The lowest BCUT2D eigenvalue weighted by atomic mass is 9.69. The lowest BCUT2D eigenvalue weighted by Crippen LogP contribution is -2.55. The number of benzene rings is 1. The van der Waals surface area contributed by atoms with Crippen LogP contribution in [0.5, 0.6) is 0 Å². The van der Waals surface area contributed by atoms with Gasteiger partial charge in [0, 0.05) is 30.4 Å². The predicted molar refractivity (Wildman–Crippen MR) is 117 cm³/mol. The van der Waals surface area contributed by atoms with Gasteiger partial charge in [-0.15, -0.1) is 0 Å². The molecular weight excluding hydrogens is 368 g/mol. The molecule has 0 N–H and O–H groups in total. The van der Waals surface area contributed by atoms with Gasteiger partial charge in [0.2, 0.25) is 0 Å². The summed E-state index contributed by atoms with van der Waals surface area (Å²) < 4.78 is 0. The maximum Gasteiger partial charge on any atom is 0.321 e. The second kappa shape index (κ2) is 9.17. The van der Waals surface area contributed by atoms with E-state index in [4.69, 9.17) is 11.6 Å². The highest BCUT2D eigenvalue weighted by Gasteiger charge is 2.40. The fourth-order valence-corrected chi connectivity index (χ4v) is 6.63. The number of hydrogen-bond acceptors (Lipinski definition) is 2. The minimum absolute atomic E-state index is 0.211. The fraction of sp³-hybridized carbons (Fsp3) is 0.708. The molecule has 2 bridgehead atoms. The van der Waals surface area contributed by atoms with Gasteiger partial charge in [0.1, 0.15) is 0 Å². The molecular formula is C24H35ClN2O. The average molecular weight is 403 g/mol. The van der Waals surface area contributed by atoms with E-state index in [2.05, 4.69) is 11.8 Å². The van der Waals surface area contributed by atoms with E-state index in [1.165, 1.54) is 51.4 Å². The maximum absolute atomic E-state index is 12.3. The average Bonchev–Trinajstić information content (AvgIpc) is 2.69. The zero-order valence-electron chi connectivity index (χ0n) is 17.2. The molecule has 1 saturated heterocycles. The molecule has 0 spiro atoms. The van der Waals surface area contributed by atoms with Crippen molar-refractivity contribution in [1.82, 2.24) is 4.90 Å². The third kappa shape index (κ3) is 4.41. The summed E-state index contributed by atoms with van der Waals surface area (Å²) in [6.07, 6.45) is 13.1. The smallest absolute Gasteiger partial charge is 0.297 e. The SMILES string of the molecule is CCC[C@H]1C[C@@H](N(C(=O)Cl)c2ccccc2)CCN1C1C[C@H]2CCC[C@@H](C1)C2. The van der Waals surface area contributed by atoms with Crippen molar-refractivity contribution in [2.24, 2.45) is 11.8 Å². The van der Waals surface area contributed by atoms with Crippen molar-refractivity contribution in [3.8, 4) is 0 Å². The van der Waals surface area contributed by atoms with Crippen LogP contribution in [-0.2, 0) is 0 Å². The molecule has 1 aromatic rings. The van der Waals surface area contributed by atoms with Crippen LogP contribution >= 0.6 is 11.6 Å². The van der Waals surface area contributed by atoms with Crippen molar-refractivity contribution < 1.29 is 4.79 Å². The molecule has 2 saturated carbocycles. The quantitative estimate of drug-likeness (QED) is 0.417. The van der Waals surface area contributed by atoms with Gasteiger partial charge in [-0.1, -0.05) is 50.8 Å². The van der Waals surface area contributed by atoms with Gasteiger partial charge in [0.05, 0.1) is 0 Å². The number of hydrogen-bond donors (Lipinski definition) is 0. The lowest BCUT2D eigenvalue weighted by molar-refractivity contribution is 0.0184. The molecule has 0 radical (unpaired) electrons. The van der Waals surface area contributed by atoms with Crippen LogP contribution < -0.4 is 4.90 Å². The number of para-hydroxylation sites is 1. The summed E-state index contributed by atoms with van der Waals surface area (Å²) in [6.45, 7) is 3.39. The number of nitrogens with zero attached hydrogens (tertiary/aromatic N) is 2. The number of carbonyl (C=O) groups is 1. The van der Waals surface area contributed by atoms with Crippen molar-refractivity contribution in [3.05, 3.63) is 30.3 Å². The van der Waals surface area contributed by atoms with Crippen LogP contribution in [0.2, 0.25) is 0 Å². The van der Waals surface area contributed by atoms with E-state index in [1.807, 2.05) is 35.2 Å². The Bertz CT molecular complexity index is 639. The fourth-order valence-electron chi connectivity index (χ4n) is 6.39. The molecule has 28 heavy (non-hydrogen) atoms. The second-order valence-electron chi connectivity index (χ2n) is 9.34. The molecule has 4 rings (SSSR count). The first-order chi connectivity index (χ1) is 13.7. The molecule has 1 amide bonds. The van der Waals surface area contributed by atoms with E-state index in [9.17, 15) is 4.79 Å². The topological polar surface area (TPSA) is 23.6 Å². The Labute approximate surface area is 175 Å². The van der Waals surface area contributed by atoms with E-state index in [0.29, 0.717) is 6.04 Å². The van der Waals surface area contributed by atoms with Gasteiger partial charge in [0.15, 0.2) is 0 Å². The number of likely N-dealkylation sites (tertiary alicyclic amines) is 1. The molecule has 1 aromatic carbocycles. The van der Waals surface area contributed by atoms with Gasteiger partial charge >= 0.3 is 5.37 Å². The minimum atomic E-state index is -0.341. The second-order valence-corrected chi connectivity index (χ2v) is 9.66. The molecule has 1 heterocycles. The number of halogens is 1. The summed E-state index contributed by atoms with van der Waals surface area (Å²) in [5.41, 5.74) is 0.934. The first-order valence-corrected chi connectivity index (χ1v) is 11.8. The van der Waals surface area contributed by atoms with Crippen LogP contribution in [0.3, 0.4) is 0 Å². The van der Waals surface area contributed by atoms with Crippen molar-refractivity contribution in [2.45, 2.75) is 89.3 Å². The first kappa shape index (κ1) is 20.2. The number of piperidine rings is 1. The predicted octanol–water partition coefficient (Wildman–Crippen LogP) is 6.45.